The molecule has 0 aliphatic heterocycles. The molecule has 104 valence electrons. The van der Waals surface area contributed by atoms with Crippen molar-refractivity contribution >= 4 is 32.8 Å². The van der Waals surface area contributed by atoms with Gasteiger partial charge in [0, 0.05) is 11.5 Å². The van der Waals surface area contributed by atoms with Crippen LogP contribution < -0.4 is 4.74 Å². The van der Waals surface area contributed by atoms with Crippen LogP contribution in [0.2, 0.25) is 0 Å². The zero-order valence-electron chi connectivity index (χ0n) is 10.8. The van der Waals surface area contributed by atoms with Gasteiger partial charge in [-0.15, -0.1) is 0 Å². The summed E-state index contributed by atoms with van der Waals surface area (Å²) in [7, 11) is 0. The Hall–Kier alpha value is -2.40. The van der Waals surface area contributed by atoms with E-state index in [0.29, 0.717) is 17.0 Å². The van der Waals surface area contributed by atoms with Gasteiger partial charge >= 0.3 is 5.97 Å². The highest BCUT2D eigenvalue weighted by Gasteiger charge is 2.13. The molecule has 5 heteroatoms. The Balaban J connectivity index is 2.16. The number of rotatable bonds is 3. The number of carboxylic acids is 1. The van der Waals surface area contributed by atoms with Crippen LogP contribution in [0.5, 0.6) is 11.5 Å². The van der Waals surface area contributed by atoms with Gasteiger partial charge in [-0.25, -0.2) is 9.78 Å². The van der Waals surface area contributed by atoms with Gasteiger partial charge in [0.1, 0.15) is 11.5 Å². The number of carbonyl (C=O) groups is 1. The number of nitrogens with zero attached hydrogens (tertiary/aromatic N) is 1. The Morgan fingerprint density at radius 3 is 2.52 bits per heavy atom. The second-order valence-corrected chi connectivity index (χ2v) is 5.21. The lowest BCUT2D eigenvalue weighted by Gasteiger charge is -2.11. The average Bonchev–Trinajstić information content (AvgIpc) is 2.49. The van der Waals surface area contributed by atoms with E-state index >= 15 is 0 Å². The second-order valence-electron chi connectivity index (χ2n) is 4.36. The Kier molecular flexibility index (Phi) is 3.58. The number of ether oxygens (including phenoxy) is 1. The predicted octanol–water partition coefficient (Wildman–Crippen LogP) is 4.49. The molecule has 21 heavy (non-hydrogen) atoms. The molecule has 0 atom stereocenters. The summed E-state index contributed by atoms with van der Waals surface area (Å²) >= 11 is 3.41. The molecule has 0 saturated carbocycles. The molecule has 0 unspecified atom stereocenters. The molecule has 3 aromatic rings. The van der Waals surface area contributed by atoms with Gasteiger partial charge < -0.3 is 9.84 Å². The molecule has 1 N–H and O–H groups in total. The average molecular weight is 344 g/mol. The van der Waals surface area contributed by atoms with Crippen LogP contribution in [-0.2, 0) is 0 Å². The maximum absolute atomic E-state index is 11.2. The van der Waals surface area contributed by atoms with E-state index in [-0.39, 0.29) is 5.69 Å². The van der Waals surface area contributed by atoms with E-state index in [1.165, 1.54) is 6.07 Å². The highest BCUT2D eigenvalue weighted by Crippen LogP contribution is 2.33. The van der Waals surface area contributed by atoms with Crippen molar-refractivity contribution in [2.75, 3.05) is 0 Å². The van der Waals surface area contributed by atoms with Crippen LogP contribution >= 0.6 is 15.9 Å². The summed E-state index contributed by atoms with van der Waals surface area (Å²) in [5, 5.41) is 9.92. The van der Waals surface area contributed by atoms with Gasteiger partial charge in [0.2, 0.25) is 0 Å². The third kappa shape index (κ3) is 2.73. The van der Waals surface area contributed by atoms with Crippen LogP contribution in [0, 0.1) is 0 Å². The Morgan fingerprint density at radius 2 is 1.76 bits per heavy atom. The quantitative estimate of drug-likeness (QED) is 0.761. The first kappa shape index (κ1) is 13.6. The molecule has 1 aromatic heterocycles. The Labute approximate surface area is 129 Å². The lowest BCUT2D eigenvalue weighted by Crippen LogP contribution is -2.01. The van der Waals surface area contributed by atoms with E-state index in [1.54, 1.807) is 12.1 Å². The van der Waals surface area contributed by atoms with Crippen LogP contribution in [0.25, 0.3) is 10.9 Å². The molecule has 1 heterocycles. The molecule has 0 saturated heterocycles. The molecule has 4 nitrogen and oxygen atoms in total. The van der Waals surface area contributed by atoms with Gasteiger partial charge in [0.15, 0.2) is 5.69 Å². The number of benzene rings is 2. The summed E-state index contributed by atoms with van der Waals surface area (Å²) in [5.74, 6) is -0.00665. The van der Waals surface area contributed by atoms with E-state index in [1.807, 2.05) is 36.4 Å². The van der Waals surface area contributed by atoms with Crippen molar-refractivity contribution in [2.45, 2.75) is 0 Å². The van der Waals surface area contributed by atoms with Gasteiger partial charge in [-0.05, 0) is 40.2 Å². The maximum Gasteiger partial charge on any atom is 0.354 e. The predicted molar refractivity (Wildman–Crippen MR) is 82.9 cm³/mol. The van der Waals surface area contributed by atoms with E-state index in [4.69, 9.17) is 9.84 Å². The standard InChI is InChI=1S/C16H10BrNO3/c17-11-6-2-4-8-14(11)21-15-9-13(16(19)20)18-12-7-3-1-5-10(12)15/h1-9H,(H,19,20). The zero-order chi connectivity index (χ0) is 14.8. The summed E-state index contributed by atoms with van der Waals surface area (Å²) in [6, 6.07) is 16.1. The molecule has 0 aliphatic carbocycles. The minimum absolute atomic E-state index is 0.0456. The number of aromatic nitrogens is 1. The van der Waals surface area contributed by atoms with Crippen LogP contribution in [0.15, 0.2) is 59.1 Å². The number of hydrogen-bond donors (Lipinski definition) is 1. The van der Waals surface area contributed by atoms with Crippen LogP contribution in [-0.4, -0.2) is 16.1 Å². The molecule has 0 fully saturated rings. The number of para-hydroxylation sites is 2. The van der Waals surface area contributed by atoms with Gasteiger partial charge in [-0.2, -0.15) is 0 Å². The fourth-order valence-electron chi connectivity index (χ4n) is 1.98. The van der Waals surface area contributed by atoms with Gasteiger partial charge in [-0.1, -0.05) is 24.3 Å². The Morgan fingerprint density at radius 1 is 1.05 bits per heavy atom. The summed E-state index contributed by atoms with van der Waals surface area (Å²) in [5.41, 5.74) is 0.537. The maximum atomic E-state index is 11.2. The van der Waals surface area contributed by atoms with E-state index in [0.717, 1.165) is 9.86 Å². The summed E-state index contributed by atoms with van der Waals surface area (Å²) < 4.78 is 6.66. The summed E-state index contributed by atoms with van der Waals surface area (Å²) in [6.07, 6.45) is 0. The topological polar surface area (TPSA) is 59.4 Å². The molecule has 0 radical (unpaired) electrons. The van der Waals surface area contributed by atoms with Crippen molar-refractivity contribution < 1.29 is 14.6 Å². The lowest BCUT2D eigenvalue weighted by atomic mass is 10.2. The van der Waals surface area contributed by atoms with E-state index < -0.39 is 5.97 Å². The third-order valence-corrected chi connectivity index (χ3v) is 3.61. The van der Waals surface area contributed by atoms with Crippen molar-refractivity contribution in [3.63, 3.8) is 0 Å². The van der Waals surface area contributed by atoms with Crippen LogP contribution in [0.3, 0.4) is 0 Å². The minimum atomic E-state index is -1.09. The van der Waals surface area contributed by atoms with Crippen molar-refractivity contribution in [1.82, 2.24) is 4.98 Å². The number of carboxylic acid groups (broad SMARTS) is 1. The van der Waals surface area contributed by atoms with Crippen molar-refractivity contribution in [3.05, 3.63) is 64.8 Å². The highest BCUT2D eigenvalue weighted by molar-refractivity contribution is 9.10. The molecule has 2 aromatic carbocycles. The second kappa shape index (κ2) is 5.54. The first-order chi connectivity index (χ1) is 10.1. The van der Waals surface area contributed by atoms with E-state index in [2.05, 4.69) is 20.9 Å². The molecule has 3 rings (SSSR count). The minimum Gasteiger partial charge on any atom is -0.477 e. The molecule has 0 bridgehead atoms. The first-order valence-corrected chi connectivity index (χ1v) is 7.00. The molecule has 0 amide bonds. The monoisotopic (exact) mass is 343 g/mol. The van der Waals surface area contributed by atoms with Crippen LogP contribution in [0.4, 0.5) is 0 Å². The number of halogens is 1. The Bertz CT molecular complexity index is 833. The fraction of sp³-hybridized carbons (Fsp3) is 0. The number of pyridine rings is 1. The van der Waals surface area contributed by atoms with Gasteiger partial charge in [-0.3, -0.25) is 0 Å². The normalized spacial score (nSPS) is 10.5. The van der Waals surface area contributed by atoms with Gasteiger partial charge in [0.05, 0.1) is 9.99 Å². The molecular weight excluding hydrogens is 334 g/mol. The fourth-order valence-corrected chi connectivity index (χ4v) is 2.35. The third-order valence-electron chi connectivity index (χ3n) is 2.95. The SMILES string of the molecule is O=C(O)c1cc(Oc2ccccc2Br)c2ccccc2n1. The van der Waals surface area contributed by atoms with Crippen molar-refractivity contribution in [1.29, 1.82) is 0 Å². The number of aromatic carboxylic acids is 1. The van der Waals surface area contributed by atoms with Crippen LogP contribution in [0.1, 0.15) is 10.5 Å². The van der Waals surface area contributed by atoms with E-state index in [9.17, 15) is 4.79 Å². The highest BCUT2D eigenvalue weighted by atomic mass is 79.9. The number of hydrogen-bond acceptors (Lipinski definition) is 3. The van der Waals surface area contributed by atoms with Crippen molar-refractivity contribution in [2.24, 2.45) is 0 Å². The summed E-state index contributed by atoms with van der Waals surface area (Å²) in [4.78, 5) is 15.3. The van der Waals surface area contributed by atoms with Gasteiger partial charge in [0.25, 0.3) is 0 Å². The largest absolute Gasteiger partial charge is 0.477 e. The molecular formula is C16H10BrNO3. The molecule has 0 aliphatic rings. The smallest absolute Gasteiger partial charge is 0.354 e. The zero-order valence-corrected chi connectivity index (χ0v) is 12.4. The first-order valence-electron chi connectivity index (χ1n) is 6.20. The lowest BCUT2D eigenvalue weighted by molar-refractivity contribution is 0.0690. The number of fused-ring (bicyclic) bond motifs is 1. The molecule has 0 spiro atoms. The van der Waals surface area contributed by atoms with Crippen molar-refractivity contribution in [3.8, 4) is 11.5 Å². The summed E-state index contributed by atoms with van der Waals surface area (Å²) in [6.45, 7) is 0.